The van der Waals surface area contributed by atoms with Crippen molar-refractivity contribution in [2.24, 2.45) is 5.73 Å². The molecule has 0 aliphatic rings. The number of aryl methyl sites for hydroxylation is 1. The van der Waals surface area contributed by atoms with Gasteiger partial charge in [-0.05, 0) is 18.6 Å². The third-order valence-electron chi connectivity index (χ3n) is 1.62. The summed E-state index contributed by atoms with van der Waals surface area (Å²) in [6.45, 7) is 5.60. The van der Waals surface area contributed by atoms with Gasteiger partial charge in [0.2, 0.25) is 0 Å². The standard InChI is InChI=1S/C9H12N2/c1-3-8(10)9-7(2)5-4-6-11-9/h3-6,8H,1,10H2,2H3/t8-/m1/s1. The first-order valence-corrected chi connectivity index (χ1v) is 3.55. The highest BCUT2D eigenvalue weighted by Crippen LogP contribution is 2.11. The zero-order chi connectivity index (χ0) is 8.27. The molecule has 0 saturated heterocycles. The number of nitrogens with two attached hydrogens (primary N) is 1. The van der Waals surface area contributed by atoms with Crippen molar-refractivity contribution in [1.82, 2.24) is 4.98 Å². The average molecular weight is 148 g/mol. The van der Waals surface area contributed by atoms with Crippen LogP contribution in [0.3, 0.4) is 0 Å². The minimum absolute atomic E-state index is 0.142. The molecule has 1 heterocycles. The van der Waals surface area contributed by atoms with Gasteiger partial charge >= 0.3 is 0 Å². The third kappa shape index (κ3) is 1.65. The van der Waals surface area contributed by atoms with E-state index in [4.69, 9.17) is 5.73 Å². The first-order valence-electron chi connectivity index (χ1n) is 3.55. The summed E-state index contributed by atoms with van der Waals surface area (Å²) in [5.41, 5.74) is 7.73. The van der Waals surface area contributed by atoms with Gasteiger partial charge in [0.25, 0.3) is 0 Å². The van der Waals surface area contributed by atoms with Crippen molar-refractivity contribution < 1.29 is 0 Å². The number of aromatic nitrogens is 1. The van der Waals surface area contributed by atoms with Crippen LogP contribution in [0, 0.1) is 6.92 Å². The van der Waals surface area contributed by atoms with Crippen molar-refractivity contribution in [3.63, 3.8) is 0 Å². The number of nitrogens with zero attached hydrogens (tertiary/aromatic N) is 1. The van der Waals surface area contributed by atoms with Crippen molar-refractivity contribution in [2.75, 3.05) is 0 Å². The summed E-state index contributed by atoms with van der Waals surface area (Å²) in [7, 11) is 0. The van der Waals surface area contributed by atoms with Crippen LogP contribution >= 0.6 is 0 Å². The Kier molecular flexibility index (Phi) is 2.39. The Balaban J connectivity index is 3.02. The highest BCUT2D eigenvalue weighted by molar-refractivity contribution is 5.23. The fourth-order valence-electron chi connectivity index (χ4n) is 0.958. The molecular formula is C9H12N2. The van der Waals surface area contributed by atoms with Crippen molar-refractivity contribution in [1.29, 1.82) is 0 Å². The SMILES string of the molecule is C=C[C@@H](N)c1ncccc1C. The van der Waals surface area contributed by atoms with Crippen LogP contribution in [0.4, 0.5) is 0 Å². The van der Waals surface area contributed by atoms with E-state index >= 15 is 0 Å². The van der Waals surface area contributed by atoms with Crippen molar-refractivity contribution in [3.8, 4) is 0 Å². The minimum Gasteiger partial charge on any atom is -0.319 e. The molecule has 1 rings (SSSR count). The molecule has 0 radical (unpaired) electrons. The second kappa shape index (κ2) is 3.30. The van der Waals surface area contributed by atoms with Crippen LogP contribution in [0.25, 0.3) is 0 Å². The monoisotopic (exact) mass is 148 g/mol. The molecule has 2 nitrogen and oxygen atoms in total. The van der Waals surface area contributed by atoms with Crippen LogP contribution in [0.5, 0.6) is 0 Å². The zero-order valence-electron chi connectivity index (χ0n) is 6.62. The van der Waals surface area contributed by atoms with E-state index in [1.54, 1.807) is 12.3 Å². The number of rotatable bonds is 2. The lowest BCUT2D eigenvalue weighted by molar-refractivity contribution is 0.851. The Morgan fingerprint density at radius 1 is 1.73 bits per heavy atom. The molecule has 58 valence electrons. The molecule has 2 N–H and O–H groups in total. The van der Waals surface area contributed by atoms with Crippen molar-refractivity contribution in [3.05, 3.63) is 42.2 Å². The van der Waals surface area contributed by atoms with Crippen molar-refractivity contribution in [2.45, 2.75) is 13.0 Å². The van der Waals surface area contributed by atoms with Crippen LogP contribution in [-0.2, 0) is 0 Å². The lowest BCUT2D eigenvalue weighted by Crippen LogP contribution is -2.09. The molecular weight excluding hydrogens is 136 g/mol. The number of hydrogen-bond donors (Lipinski definition) is 1. The van der Waals surface area contributed by atoms with Gasteiger partial charge in [0.1, 0.15) is 0 Å². The summed E-state index contributed by atoms with van der Waals surface area (Å²) in [5, 5.41) is 0. The van der Waals surface area contributed by atoms with Gasteiger partial charge in [-0.2, -0.15) is 0 Å². The Morgan fingerprint density at radius 2 is 2.45 bits per heavy atom. The van der Waals surface area contributed by atoms with Gasteiger partial charge in [-0.15, -0.1) is 6.58 Å². The first-order chi connectivity index (χ1) is 5.25. The van der Waals surface area contributed by atoms with Gasteiger partial charge in [-0.25, -0.2) is 0 Å². The van der Waals surface area contributed by atoms with Gasteiger partial charge in [0, 0.05) is 6.20 Å². The second-order valence-corrected chi connectivity index (χ2v) is 2.47. The van der Waals surface area contributed by atoms with Crippen LogP contribution in [0.2, 0.25) is 0 Å². The topological polar surface area (TPSA) is 38.9 Å². The van der Waals surface area contributed by atoms with Gasteiger partial charge in [-0.3, -0.25) is 4.98 Å². The van der Waals surface area contributed by atoms with Crippen molar-refractivity contribution >= 4 is 0 Å². The smallest absolute Gasteiger partial charge is 0.0656 e. The highest BCUT2D eigenvalue weighted by Gasteiger charge is 2.03. The largest absolute Gasteiger partial charge is 0.319 e. The molecule has 0 aromatic carbocycles. The first kappa shape index (κ1) is 7.95. The fraction of sp³-hybridized carbons (Fsp3) is 0.222. The molecule has 0 amide bonds. The average Bonchev–Trinajstić information content (AvgIpc) is 2.04. The summed E-state index contributed by atoms with van der Waals surface area (Å²) in [5.74, 6) is 0. The van der Waals surface area contributed by atoms with E-state index in [1.165, 1.54) is 0 Å². The third-order valence-corrected chi connectivity index (χ3v) is 1.62. The minimum atomic E-state index is -0.142. The van der Waals surface area contributed by atoms with Gasteiger partial charge in [-0.1, -0.05) is 12.1 Å². The number of hydrogen-bond acceptors (Lipinski definition) is 2. The van der Waals surface area contributed by atoms with E-state index in [0.717, 1.165) is 11.3 Å². The van der Waals surface area contributed by atoms with Crippen LogP contribution in [0.1, 0.15) is 17.3 Å². The molecule has 11 heavy (non-hydrogen) atoms. The molecule has 0 spiro atoms. The number of pyridine rings is 1. The normalized spacial score (nSPS) is 12.5. The molecule has 1 aromatic rings. The molecule has 0 fully saturated rings. The van der Waals surface area contributed by atoms with E-state index in [9.17, 15) is 0 Å². The Labute approximate surface area is 66.8 Å². The lowest BCUT2D eigenvalue weighted by atomic mass is 10.1. The van der Waals surface area contributed by atoms with E-state index in [0.29, 0.717) is 0 Å². The molecule has 0 saturated carbocycles. The van der Waals surface area contributed by atoms with Gasteiger partial charge < -0.3 is 5.73 Å². The van der Waals surface area contributed by atoms with Crippen LogP contribution in [0.15, 0.2) is 31.0 Å². The summed E-state index contributed by atoms with van der Waals surface area (Å²) < 4.78 is 0. The Morgan fingerprint density at radius 3 is 3.00 bits per heavy atom. The predicted molar refractivity (Wildman–Crippen MR) is 46.1 cm³/mol. The summed E-state index contributed by atoms with van der Waals surface area (Å²) in [6, 6.07) is 3.75. The maximum atomic E-state index is 5.71. The van der Waals surface area contributed by atoms with E-state index in [1.807, 2.05) is 19.1 Å². The van der Waals surface area contributed by atoms with Crippen LogP contribution < -0.4 is 5.73 Å². The maximum Gasteiger partial charge on any atom is 0.0656 e. The van der Waals surface area contributed by atoms with E-state index in [2.05, 4.69) is 11.6 Å². The molecule has 0 aliphatic heterocycles. The van der Waals surface area contributed by atoms with Gasteiger partial charge in [0.15, 0.2) is 0 Å². The quantitative estimate of drug-likeness (QED) is 0.646. The predicted octanol–water partition coefficient (Wildman–Crippen LogP) is 1.58. The lowest BCUT2D eigenvalue weighted by Gasteiger charge is -2.07. The summed E-state index contributed by atoms with van der Waals surface area (Å²) in [4.78, 5) is 4.15. The molecule has 0 aliphatic carbocycles. The second-order valence-electron chi connectivity index (χ2n) is 2.47. The fourth-order valence-corrected chi connectivity index (χ4v) is 0.958. The molecule has 2 heteroatoms. The highest BCUT2D eigenvalue weighted by atomic mass is 14.8. The van der Waals surface area contributed by atoms with Crippen LogP contribution in [-0.4, -0.2) is 4.98 Å². The molecule has 0 unspecified atom stereocenters. The Hall–Kier alpha value is -1.15. The maximum absolute atomic E-state index is 5.71. The Bertz CT molecular complexity index is 255. The molecule has 1 atom stereocenters. The van der Waals surface area contributed by atoms with Gasteiger partial charge in [0.05, 0.1) is 11.7 Å². The van der Waals surface area contributed by atoms with E-state index < -0.39 is 0 Å². The molecule has 1 aromatic heterocycles. The zero-order valence-corrected chi connectivity index (χ0v) is 6.62. The summed E-state index contributed by atoms with van der Waals surface area (Å²) in [6.07, 6.45) is 3.43. The summed E-state index contributed by atoms with van der Waals surface area (Å²) >= 11 is 0. The molecule has 0 bridgehead atoms. The van der Waals surface area contributed by atoms with E-state index in [-0.39, 0.29) is 6.04 Å².